The first-order chi connectivity index (χ1) is 43.5. The van der Waals surface area contributed by atoms with Gasteiger partial charge in [0.25, 0.3) is 0 Å². The minimum atomic E-state index is -0.661. The van der Waals surface area contributed by atoms with E-state index in [2.05, 4.69) is 31.3 Å². The zero-order valence-corrected chi connectivity index (χ0v) is 60.3. The molecule has 0 aliphatic carbocycles. The Kier molecular flexibility index (Phi) is 76.8. The second-order valence-corrected chi connectivity index (χ2v) is 28.5. The number of unbranched alkanes of at least 4 members (excludes halogenated alkanes) is 65. The van der Waals surface area contributed by atoms with Crippen molar-refractivity contribution in [1.82, 2.24) is 5.32 Å². The van der Waals surface area contributed by atoms with Crippen molar-refractivity contribution < 1.29 is 24.5 Å². The summed E-state index contributed by atoms with van der Waals surface area (Å²) in [7, 11) is 0. The summed E-state index contributed by atoms with van der Waals surface area (Å²) < 4.78 is 5.50. The van der Waals surface area contributed by atoms with Gasteiger partial charge in [0.2, 0.25) is 5.91 Å². The SMILES string of the molecule is CCCCCCC/C=C\CCCCCCCC(=O)OCCCCCCCCCCCCCCCCCCCCCCCCCCCCCCCCCCCCCC(=O)NC(CO)C(O)CCCCCCCCCCCCCCCCCCCCCCCC. The van der Waals surface area contributed by atoms with E-state index in [-0.39, 0.29) is 18.5 Å². The number of hydrogen-bond acceptors (Lipinski definition) is 5. The normalized spacial score (nSPS) is 12.5. The molecule has 0 aromatic heterocycles. The maximum atomic E-state index is 12.6. The van der Waals surface area contributed by atoms with Crippen LogP contribution in [0.4, 0.5) is 0 Å². The van der Waals surface area contributed by atoms with E-state index in [1.165, 1.54) is 398 Å². The van der Waals surface area contributed by atoms with Crippen molar-refractivity contribution in [3.05, 3.63) is 12.2 Å². The number of nitrogens with one attached hydrogen (secondary N) is 1. The topological polar surface area (TPSA) is 95.9 Å². The lowest BCUT2D eigenvalue weighted by Gasteiger charge is -2.22. The van der Waals surface area contributed by atoms with Crippen molar-refractivity contribution in [2.75, 3.05) is 13.2 Å². The summed E-state index contributed by atoms with van der Waals surface area (Å²) in [6.07, 6.45) is 98.9. The van der Waals surface area contributed by atoms with E-state index in [1.807, 2.05) is 0 Å². The second kappa shape index (κ2) is 78.0. The Bertz CT molecular complexity index is 1340. The molecule has 0 bridgehead atoms. The van der Waals surface area contributed by atoms with Crippen molar-refractivity contribution in [2.24, 2.45) is 0 Å². The molecule has 0 fully saturated rings. The molecule has 3 N–H and O–H groups in total. The highest BCUT2D eigenvalue weighted by molar-refractivity contribution is 5.76. The lowest BCUT2D eigenvalue weighted by molar-refractivity contribution is -0.143. The van der Waals surface area contributed by atoms with Gasteiger partial charge in [-0.3, -0.25) is 9.59 Å². The van der Waals surface area contributed by atoms with E-state index in [4.69, 9.17) is 4.74 Å². The van der Waals surface area contributed by atoms with Crippen molar-refractivity contribution in [1.29, 1.82) is 0 Å². The average Bonchev–Trinajstić information content (AvgIpc) is 3.58. The molecular formula is C82H161NO5. The number of carbonyl (C=O) groups is 2. The highest BCUT2D eigenvalue weighted by Crippen LogP contribution is 2.21. The minimum Gasteiger partial charge on any atom is -0.466 e. The Hall–Kier alpha value is -1.40. The number of amides is 1. The predicted octanol–water partition coefficient (Wildman–Crippen LogP) is 27.1. The molecule has 6 heteroatoms. The first-order valence-electron chi connectivity index (χ1n) is 40.9. The fourth-order valence-corrected chi connectivity index (χ4v) is 13.3. The maximum Gasteiger partial charge on any atom is 0.305 e. The number of carbonyl (C=O) groups excluding carboxylic acids is 2. The smallest absolute Gasteiger partial charge is 0.305 e. The largest absolute Gasteiger partial charge is 0.466 e. The van der Waals surface area contributed by atoms with Crippen molar-refractivity contribution in [3.63, 3.8) is 0 Å². The molecule has 0 aromatic rings. The molecule has 0 aromatic carbocycles. The van der Waals surface area contributed by atoms with E-state index >= 15 is 0 Å². The summed E-state index contributed by atoms with van der Waals surface area (Å²) in [5.41, 5.74) is 0. The van der Waals surface area contributed by atoms with Crippen LogP contribution in [0.5, 0.6) is 0 Å². The van der Waals surface area contributed by atoms with Gasteiger partial charge >= 0.3 is 5.97 Å². The van der Waals surface area contributed by atoms with Gasteiger partial charge in [0.05, 0.1) is 25.4 Å². The molecular weight excluding hydrogens is 1080 g/mol. The number of esters is 1. The molecule has 0 radical (unpaired) electrons. The first-order valence-corrected chi connectivity index (χ1v) is 40.9. The van der Waals surface area contributed by atoms with Gasteiger partial charge in [0, 0.05) is 12.8 Å². The van der Waals surface area contributed by atoms with Gasteiger partial charge in [-0.2, -0.15) is 0 Å². The Morgan fingerprint density at radius 2 is 0.534 bits per heavy atom. The second-order valence-electron chi connectivity index (χ2n) is 28.5. The standard InChI is InChI=1S/C82H161NO5/c1-3-5-7-9-11-13-15-17-19-20-21-22-38-41-44-47-50-54-58-62-66-70-74-80(85)79(78-84)83-81(86)75-71-67-63-59-55-51-48-45-42-39-36-34-32-30-28-26-24-23-25-27-29-31-33-35-37-40-43-46-49-53-57-61-65-69-73-77-88-82(87)76-72-68-64-60-56-52-18-16-14-12-10-8-6-4-2/h16,18,79-80,84-85H,3-15,17,19-78H2,1-2H3,(H,83,86)/b18-16-. The van der Waals surface area contributed by atoms with Gasteiger partial charge in [0.1, 0.15) is 0 Å². The van der Waals surface area contributed by atoms with Crippen LogP contribution in [-0.2, 0) is 14.3 Å². The summed E-state index contributed by atoms with van der Waals surface area (Å²) >= 11 is 0. The molecule has 0 rings (SSSR count). The van der Waals surface area contributed by atoms with Crippen LogP contribution >= 0.6 is 0 Å². The number of aliphatic hydroxyl groups is 2. The molecule has 0 saturated heterocycles. The Morgan fingerprint density at radius 1 is 0.307 bits per heavy atom. The van der Waals surface area contributed by atoms with E-state index in [0.717, 1.165) is 44.9 Å². The molecule has 0 heterocycles. The van der Waals surface area contributed by atoms with Crippen LogP contribution in [0.25, 0.3) is 0 Å². The molecule has 524 valence electrons. The van der Waals surface area contributed by atoms with Gasteiger partial charge in [-0.25, -0.2) is 0 Å². The predicted molar refractivity (Wildman–Crippen MR) is 389 cm³/mol. The third kappa shape index (κ3) is 73.6. The van der Waals surface area contributed by atoms with Gasteiger partial charge in [-0.15, -0.1) is 0 Å². The number of rotatable bonds is 78. The van der Waals surface area contributed by atoms with Gasteiger partial charge in [0.15, 0.2) is 0 Å². The van der Waals surface area contributed by atoms with Crippen molar-refractivity contribution in [2.45, 2.75) is 488 Å². The van der Waals surface area contributed by atoms with Gasteiger partial charge < -0.3 is 20.3 Å². The highest BCUT2D eigenvalue weighted by Gasteiger charge is 2.20. The summed E-state index contributed by atoms with van der Waals surface area (Å²) in [6, 6.07) is -0.538. The van der Waals surface area contributed by atoms with E-state index in [1.54, 1.807) is 0 Å². The monoisotopic (exact) mass is 1240 g/mol. The summed E-state index contributed by atoms with van der Waals surface area (Å²) in [4.78, 5) is 24.6. The van der Waals surface area contributed by atoms with Crippen molar-refractivity contribution in [3.8, 4) is 0 Å². The highest BCUT2D eigenvalue weighted by atomic mass is 16.5. The molecule has 0 aliphatic heterocycles. The zero-order chi connectivity index (χ0) is 63.5. The van der Waals surface area contributed by atoms with Gasteiger partial charge in [-0.1, -0.05) is 424 Å². The molecule has 0 spiro atoms. The summed E-state index contributed by atoms with van der Waals surface area (Å²) in [5.74, 6) is -0.00838. The number of ether oxygens (including phenoxy) is 1. The van der Waals surface area contributed by atoms with Gasteiger partial charge in [-0.05, 0) is 51.4 Å². The summed E-state index contributed by atoms with van der Waals surface area (Å²) in [5, 5.41) is 23.5. The molecule has 2 unspecified atom stereocenters. The van der Waals surface area contributed by atoms with Crippen LogP contribution in [0.15, 0.2) is 12.2 Å². The zero-order valence-electron chi connectivity index (χ0n) is 60.3. The lowest BCUT2D eigenvalue weighted by Crippen LogP contribution is -2.45. The molecule has 0 saturated carbocycles. The van der Waals surface area contributed by atoms with Crippen LogP contribution < -0.4 is 5.32 Å². The van der Waals surface area contributed by atoms with Crippen LogP contribution in [0.1, 0.15) is 476 Å². The van der Waals surface area contributed by atoms with Crippen LogP contribution in [0.3, 0.4) is 0 Å². The third-order valence-electron chi connectivity index (χ3n) is 19.6. The Morgan fingerprint density at radius 3 is 0.807 bits per heavy atom. The quantitative estimate of drug-likeness (QED) is 0.0320. The van der Waals surface area contributed by atoms with Crippen LogP contribution in [-0.4, -0.2) is 47.4 Å². The van der Waals surface area contributed by atoms with E-state index in [0.29, 0.717) is 25.9 Å². The van der Waals surface area contributed by atoms with Crippen LogP contribution in [0, 0.1) is 0 Å². The molecule has 6 nitrogen and oxygen atoms in total. The molecule has 2 atom stereocenters. The molecule has 88 heavy (non-hydrogen) atoms. The van der Waals surface area contributed by atoms with E-state index < -0.39 is 12.1 Å². The van der Waals surface area contributed by atoms with E-state index in [9.17, 15) is 19.8 Å². The Labute approximate surface area is 552 Å². The Balaban J connectivity index is 3.31. The first kappa shape index (κ1) is 86.6. The molecule has 1 amide bonds. The number of allylic oxidation sites excluding steroid dienone is 2. The van der Waals surface area contributed by atoms with Crippen molar-refractivity contribution >= 4 is 11.9 Å². The fraction of sp³-hybridized carbons (Fsp3) is 0.951. The third-order valence-corrected chi connectivity index (χ3v) is 19.6. The minimum absolute atomic E-state index is 0.0152. The fourth-order valence-electron chi connectivity index (χ4n) is 13.3. The lowest BCUT2D eigenvalue weighted by atomic mass is 10.0. The summed E-state index contributed by atoms with van der Waals surface area (Å²) in [6.45, 7) is 5.00. The number of aliphatic hydroxyl groups excluding tert-OH is 2. The van der Waals surface area contributed by atoms with Crippen LogP contribution in [0.2, 0.25) is 0 Å². The molecule has 0 aliphatic rings. The maximum absolute atomic E-state index is 12.6. The average molecular weight is 1240 g/mol. The number of hydrogen-bond donors (Lipinski definition) is 3.